The van der Waals surface area contributed by atoms with Gasteiger partial charge in [0, 0.05) is 24.5 Å². The number of morpholine rings is 1. The highest BCUT2D eigenvalue weighted by atomic mass is 79.9. The van der Waals surface area contributed by atoms with Crippen LogP contribution in [0.2, 0.25) is 0 Å². The third-order valence-electron chi connectivity index (χ3n) is 3.03. The van der Waals surface area contributed by atoms with Crippen molar-refractivity contribution in [1.82, 2.24) is 4.90 Å². The molecule has 17 heavy (non-hydrogen) atoms. The Morgan fingerprint density at radius 3 is 2.59 bits per heavy atom. The molecular formula is C12H19BrN2OS. The summed E-state index contributed by atoms with van der Waals surface area (Å²) < 4.78 is 6.93. The average molecular weight is 319 g/mol. The van der Waals surface area contributed by atoms with E-state index in [9.17, 15) is 0 Å². The minimum Gasteiger partial charge on any atom is -0.373 e. The summed E-state index contributed by atoms with van der Waals surface area (Å²) >= 11 is 5.28. The maximum atomic E-state index is 5.94. The first-order valence-corrected chi connectivity index (χ1v) is 7.56. The van der Waals surface area contributed by atoms with Gasteiger partial charge in [-0.2, -0.15) is 0 Å². The Balaban J connectivity index is 2.12. The Morgan fingerprint density at radius 1 is 1.47 bits per heavy atom. The molecule has 5 heteroatoms. The molecule has 3 atom stereocenters. The lowest BCUT2D eigenvalue weighted by Crippen LogP contribution is -2.48. The zero-order valence-electron chi connectivity index (χ0n) is 10.2. The lowest BCUT2D eigenvalue weighted by Gasteiger charge is -2.39. The topological polar surface area (TPSA) is 38.5 Å². The van der Waals surface area contributed by atoms with Crippen LogP contribution in [0.3, 0.4) is 0 Å². The van der Waals surface area contributed by atoms with E-state index in [4.69, 9.17) is 10.5 Å². The molecule has 2 heterocycles. The van der Waals surface area contributed by atoms with Crippen molar-refractivity contribution in [3.8, 4) is 0 Å². The van der Waals surface area contributed by atoms with E-state index in [0.29, 0.717) is 12.6 Å². The van der Waals surface area contributed by atoms with Gasteiger partial charge in [0.1, 0.15) is 0 Å². The number of nitrogens with zero attached hydrogens (tertiary/aromatic N) is 1. The highest BCUT2D eigenvalue weighted by Gasteiger charge is 2.28. The quantitative estimate of drug-likeness (QED) is 0.931. The molecule has 2 N–H and O–H groups in total. The van der Waals surface area contributed by atoms with E-state index >= 15 is 0 Å². The zero-order valence-corrected chi connectivity index (χ0v) is 12.6. The van der Waals surface area contributed by atoms with Gasteiger partial charge in [0.05, 0.1) is 22.0 Å². The molecule has 0 spiro atoms. The Labute approximate surface area is 115 Å². The van der Waals surface area contributed by atoms with Gasteiger partial charge in [0.25, 0.3) is 0 Å². The number of hydrogen-bond donors (Lipinski definition) is 1. The molecule has 1 aromatic rings. The van der Waals surface area contributed by atoms with Crippen molar-refractivity contribution in [2.45, 2.75) is 32.1 Å². The number of nitrogens with two attached hydrogens (primary N) is 1. The number of halogens is 1. The van der Waals surface area contributed by atoms with Gasteiger partial charge in [-0.3, -0.25) is 4.90 Å². The van der Waals surface area contributed by atoms with E-state index < -0.39 is 0 Å². The standard InChI is InChI=1S/C12H19BrN2OS/c1-8-6-15(7-9(2)16-8)10(5-14)11-3-4-12(13)17-11/h3-4,8-10H,5-7,14H2,1-2H3. The van der Waals surface area contributed by atoms with Gasteiger partial charge in [-0.25, -0.2) is 0 Å². The van der Waals surface area contributed by atoms with Crippen LogP contribution < -0.4 is 5.73 Å². The number of hydrogen-bond acceptors (Lipinski definition) is 4. The molecule has 0 amide bonds. The van der Waals surface area contributed by atoms with Crippen LogP contribution in [0.15, 0.2) is 15.9 Å². The largest absolute Gasteiger partial charge is 0.373 e. The van der Waals surface area contributed by atoms with E-state index in [-0.39, 0.29) is 12.2 Å². The predicted octanol–water partition coefficient (Wildman–Crippen LogP) is 2.62. The van der Waals surface area contributed by atoms with Crippen molar-refractivity contribution >= 4 is 27.3 Å². The maximum absolute atomic E-state index is 5.94. The van der Waals surface area contributed by atoms with Crippen molar-refractivity contribution in [3.63, 3.8) is 0 Å². The van der Waals surface area contributed by atoms with Gasteiger partial charge in [0.2, 0.25) is 0 Å². The number of rotatable bonds is 3. The molecule has 0 radical (unpaired) electrons. The minimum absolute atomic E-state index is 0.288. The Hall–Kier alpha value is 0.0600. The third kappa shape index (κ3) is 3.29. The van der Waals surface area contributed by atoms with Crippen LogP contribution in [-0.4, -0.2) is 36.7 Å². The first-order valence-electron chi connectivity index (χ1n) is 5.95. The summed E-state index contributed by atoms with van der Waals surface area (Å²) in [6.45, 7) is 6.83. The van der Waals surface area contributed by atoms with Crippen LogP contribution in [0, 0.1) is 0 Å². The summed E-state index contributed by atoms with van der Waals surface area (Å²) in [7, 11) is 0. The smallest absolute Gasteiger partial charge is 0.0702 e. The van der Waals surface area contributed by atoms with Crippen LogP contribution in [0.5, 0.6) is 0 Å². The SMILES string of the molecule is CC1CN(C(CN)c2ccc(Br)s2)CC(C)O1. The minimum atomic E-state index is 0.288. The molecule has 1 saturated heterocycles. The van der Waals surface area contributed by atoms with Crippen LogP contribution >= 0.6 is 27.3 Å². The van der Waals surface area contributed by atoms with Crippen LogP contribution in [0.25, 0.3) is 0 Å². The predicted molar refractivity (Wildman–Crippen MR) is 75.4 cm³/mol. The second-order valence-electron chi connectivity index (χ2n) is 4.60. The lowest BCUT2D eigenvalue weighted by atomic mass is 10.1. The fraction of sp³-hybridized carbons (Fsp3) is 0.667. The fourth-order valence-corrected chi connectivity index (χ4v) is 4.00. The van der Waals surface area contributed by atoms with E-state index in [1.165, 1.54) is 8.66 Å². The monoisotopic (exact) mass is 318 g/mol. The van der Waals surface area contributed by atoms with Gasteiger partial charge in [0.15, 0.2) is 0 Å². The van der Waals surface area contributed by atoms with Crippen LogP contribution in [0.1, 0.15) is 24.8 Å². The Morgan fingerprint density at radius 2 is 2.12 bits per heavy atom. The third-order valence-corrected chi connectivity index (χ3v) is 4.76. The summed E-state index contributed by atoms with van der Waals surface area (Å²) in [6, 6.07) is 4.58. The second-order valence-corrected chi connectivity index (χ2v) is 7.10. The molecule has 1 fully saturated rings. The van der Waals surface area contributed by atoms with Crippen LogP contribution in [0.4, 0.5) is 0 Å². The summed E-state index contributed by atoms with van der Waals surface area (Å²) in [4.78, 5) is 3.78. The molecule has 0 aliphatic carbocycles. The van der Waals surface area contributed by atoms with Gasteiger partial charge < -0.3 is 10.5 Å². The number of ether oxygens (including phenoxy) is 1. The molecule has 3 nitrogen and oxygen atoms in total. The Kier molecular flexibility index (Phi) is 4.60. The van der Waals surface area contributed by atoms with E-state index in [0.717, 1.165) is 13.1 Å². The summed E-state index contributed by atoms with van der Waals surface area (Å²) in [5.41, 5.74) is 5.94. The molecule has 0 saturated carbocycles. The highest BCUT2D eigenvalue weighted by molar-refractivity contribution is 9.11. The van der Waals surface area contributed by atoms with E-state index in [1.807, 2.05) is 0 Å². The van der Waals surface area contributed by atoms with Gasteiger partial charge in [-0.15, -0.1) is 11.3 Å². The van der Waals surface area contributed by atoms with Crippen molar-refractivity contribution < 1.29 is 4.74 Å². The van der Waals surface area contributed by atoms with Gasteiger partial charge in [-0.05, 0) is 41.9 Å². The van der Waals surface area contributed by atoms with Crippen LogP contribution in [-0.2, 0) is 4.74 Å². The summed E-state index contributed by atoms with van der Waals surface area (Å²) in [5.74, 6) is 0. The molecule has 96 valence electrons. The molecule has 3 unspecified atom stereocenters. The second kappa shape index (κ2) is 5.80. The molecule has 2 rings (SSSR count). The average Bonchev–Trinajstić information content (AvgIpc) is 2.64. The fourth-order valence-electron chi connectivity index (χ4n) is 2.42. The van der Waals surface area contributed by atoms with Crippen molar-refractivity contribution in [2.75, 3.05) is 19.6 Å². The van der Waals surface area contributed by atoms with Gasteiger partial charge >= 0.3 is 0 Å². The van der Waals surface area contributed by atoms with Crippen molar-refractivity contribution in [1.29, 1.82) is 0 Å². The molecule has 1 aromatic heterocycles. The summed E-state index contributed by atoms with van der Waals surface area (Å²) in [6.07, 6.45) is 0.576. The molecule has 1 aliphatic rings. The highest BCUT2D eigenvalue weighted by Crippen LogP contribution is 2.31. The normalized spacial score (nSPS) is 28.2. The summed E-state index contributed by atoms with van der Waals surface area (Å²) in [5, 5.41) is 0. The molecule has 0 bridgehead atoms. The molecule has 0 aromatic carbocycles. The molecule has 1 aliphatic heterocycles. The maximum Gasteiger partial charge on any atom is 0.0702 e. The van der Waals surface area contributed by atoms with Gasteiger partial charge in [-0.1, -0.05) is 0 Å². The number of thiophene rings is 1. The molecular weight excluding hydrogens is 300 g/mol. The van der Waals surface area contributed by atoms with Crippen molar-refractivity contribution in [3.05, 3.63) is 20.8 Å². The van der Waals surface area contributed by atoms with Crippen molar-refractivity contribution in [2.24, 2.45) is 5.73 Å². The van der Waals surface area contributed by atoms with E-state index in [1.54, 1.807) is 11.3 Å². The van der Waals surface area contributed by atoms with E-state index in [2.05, 4.69) is 46.8 Å². The Bertz CT molecular complexity index is 361. The first kappa shape index (κ1) is 13.5. The lowest BCUT2D eigenvalue weighted by molar-refractivity contribution is -0.0795. The zero-order chi connectivity index (χ0) is 12.4. The first-order chi connectivity index (χ1) is 8.10.